The molecule has 0 saturated heterocycles. The summed E-state index contributed by atoms with van der Waals surface area (Å²) in [5.41, 5.74) is 5.51. The summed E-state index contributed by atoms with van der Waals surface area (Å²) in [7, 11) is 0. The third kappa shape index (κ3) is 2.30. The molecular formula is C16H22N2. The first-order valence-corrected chi connectivity index (χ1v) is 7.06. The van der Waals surface area contributed by atoms with Crippen molar-refractivity contribution in [2.75, 3.05) is 6.54 Å². The summed E-state index contributed by atoms with van der Waals surface area (Å²) >= 11 is 0. The van der Waals surface area contributed by atoms with Crippen LogP contribution < -0.4 is 5.32 Å². The van der Waals surface area contributed by atoms with Crippen molar-refractivity contribution in [2.45, 2.75) is 45.6 Å². The summed E-state index contributed by atoms with van der Waals surface area (Å²) in [6, 6.07) is 7.42. The van der Waals surface area contributed by atoms with Gasteiger partial charge in [0.2, 0.25) is 0 Å². The van der Waals surface area contributed by atoms with E-state index in [2.05, 4.69) is 42.3 Å². The van der Waals surface area contributed by atoms with E-state index in [0.29, 0.717) is 0 Å². The van der Waals surface area contributed by atoms with Crippen LogP contribution in [0.2, 0.25) is 0 Å². The average molecular weight is 242 g/mol. The number of aryl methyl sites for hydroxylation is 3. The molecule has 0 aliphatic heterocycles. The molecule has 1 saturated carbocycles. The van der Waals surface area contributed by atoms with Crippen LogP contribution in [0.1, 0.15) is 36.1 Å². The van der Waals surface area contributed by atoms with Crippen LogP contribution in [0.3, 0.4) is 0 Å². The zero-order chi connectivity index (χ0) is 12.5. The first kappa shape index (κ1) is 11.8. The summed E-state index contributed by atoms with van der Waals surface area (Å²) < 4.78 is 0. The Labute approximate surface area is 109 Å². The van der Waals surface area contributed by atoms with Gasteiger partial charge in [0.25, 0.3) is 0 Å². The van der Waals surface area contributed by atoms with E-state index in [0.717, 1.165) is 12.6 Å². The van der Waals surface area contributed by atoms with E-state index in [1.807, 2.05) is 0 Å². The highest BCUT2D eigenvalue weighted by Gasteiger charge is 2.19. The number of fused-ring (bicyclic) bond motifs is 1. The number of aromatic nitrogens is 1. The Bertz CT molecular complexity index is 549. The van der Waals surface area contributed by atoms with E-state index in [4.69, 9.17) is 0 Å². The van der Waals surface area contributed by atoms with Crippen molar-refractivity contribution in [2.24, 2.45) is 0 Å². The standard InChI is InChI=1S/C16H22N2/c1-11-5-3-6-15-14(12(2)18-16(11)15)7-4-10-17-13-8-9-13/h3,5-6,13,17-18H,4,7-10H2,1-2H3. The number of nitrogens with one attached hydrogen (secondary N) is 2. The second kappa shape index (κ2) is 4.77. The molecule has 1 fully saturated rings. The summed E-state index contributed by atoms with van der Waals surface area (Å²) in [5.74, 6) is 0. The Balaban J connectivity index is 1.73. The number of rotatable bonds is 5. The maximum absolute atomic E-state index is 3.59. The molecule has 0 unspecified atom stereocenters. The van der Waals surface area contributed by atoms with Crippen LogP contribution >= 0.6 is 0 Å². The molecule has 1 aromatic carbocycles. The predicted octanol–water partition coefficient (Wildman–Crippen LogP) is 3.47. The largest absolute Gasteiger partial charge is 0.358 e. The van der Waals surface area contributed by atoms with E-state index in [1.165, 1.54) is 53.4 Å². The Morgan fingerprint density at radius 2 is 2.11 bits per heavy atom. The minimum absolute atomic E-state index is 0.830. The Kier molecular flexibility index (Phi) is 3.13. The number of hydrogen-bond acceptors (Lipinski definition) is 1. The summed E-state index contributed by atoms with van der Waals surface area (Å²) in [4.78, 5) is 3.54. The fraction of sp³-hybridized carbons (Fsp3) is 0.500. The molecule has 1 heterocycles. The fourth-order valence-electron chi connectivity index (χ4n) is 2.73. The number of para-hydroxylation sites is 1. The minimum atomic E-state index is 0.830. The van der Waals surface area contributed by atoms with Crippen molar-refractivity contribution in [3.05, 3.63) is 35.0 Å². The molecule has 0 amide bonds. The first-order chi connectivity index (χ1) is 8.75. The van der Waals surface area contributed by atoms with Crippen LogP contribution in [-0.4, -0.2) is 17.6 Å². The van der Waals surface area contributed by atoms with Gasteiger partial charge in [0.1, 0.15) is 0 Å². The molecule has 2 heteroatoms. The fourth-order valence-corrected chi connectivity index (χ4v) is 2.73. The molecule has 3 rings (SSSR count). The molecule has 18 heavy (non-hydrogen) atoms. The third-order valence-electron chi connectivity index (χ3n) is 3.98. The third-order valence-corrected chi connectivity index (χ3v) is 3.98. The summed E-state index contributed by atoms with van der Waals surface area (Å²) in [6.07, 6.45) is 5.17. The van der Waals surface area contributed by atoms with Crippen molar-refractivity contribution >= 4 is 10.9 Å². The number of aromatic amines is 1. The van der Waals surface area contributed by atoms with Crippen LogP contribution in [-0.2, 0) is 6.42 Å². The van der Waals surface area contributed by atoms with E-state index < -0.39 is 0 Å². The van der Waals surface area contributed by atoms with Gasteiger partial charge >= 0.3 is 0 Å². The van der Waals surface area contributed by atoms with E-state index in [-0.39, 0.29) is 0 Å². The number of benzene rings is 1. The van der Waals surface area contributed by atoms with Crippen molar-refractivity contribution in [3.8, 4) is 0 Å². The molecule has 1 aromatic heterocycles. The number of H-pyrrole nitrogens is 1. The molecule has 96 valence electrons. The summed E-state index contributed by atoms with van der Waals surface area (Å²) in [5, 5.41) is 5.00. The second-order valence-corrected chi connectivity index (χ2v) is 5.56. The maximum atomic E-state index is 3.59. The van der Waals surface area contributed by atoms with E-state index in [1.54, 1.807) is 0 Å². The first-order valence-electron chi connectivity index (χ1n) is 7.06. The van der Waals surface area contributed by atoms with Gasteiger partial charge in [0.05, 0.1) is 0 Å². The molecule has 0 spiro atoms. The zero-order valence-electron chi connectivity index (χ0n) is 11.3. The van der Waals surface area contributed by atoms with Crippen molar-refractivity contribution in [3.63, 3.8) is 0 Å². The van der Waals surface area contributed by atoms with Crippen LogP contribution in [0.25, 0.3) is 10.9 Å². The molecule has 0 radical (unpaired) electrons. The Hall–Kier alpha value is -1.28. The zero-order valence-corrected chi connectivity index (χ0v) is 11.3. The lowest BCUT2D eigenvalue weighted by Gasteiger charge is -2.03. The van der Waals surface area contributed by atoms with Crippen LogP contribution in [0, 0.1) is 13.8 Å². The van der Waals surface area contributed by atoms with Crippen molar-refractivity contribution in [1.82, 2.24) is 10.3 Å². The maximum Gasteiger partial charge on any atom is 0.0488 e. The molecule has 0 bridgehead atoms. The van der Waals surface area contributed by atoms with Gasteiger partial charge < -0.3 is 10.3 Å². The van der Waals surface area contributed by atoms with Crippen LogP contribution in [0.5, 0.6) is 0 Å². The lowest BCUT2D eigenvalue weighted by molar-refractivity contribution is 0.646. The average Bonchev–Trinajstić information content (AvgIpc) is 3.11. The molecule has 2 nitrogen and oxygen atoms in total. The van der Waals surface area contributed by atoms with Crippen molar-refractivity contribution < 1.29 is 0 Å². The number of hydrogen-bond donors (Lipinski definition) is 2. The van der Waals surface area contributed by atoms with Crippen LogP contribution in [0.4, 0.5) is 0 Å². The van der Waals surface area contributed by atoms with E-state index in [9.17, 15) is 0 Å². The highest BCUT2D eigenvalue weighted by molar-refractivity contribution is 5.87. The smallest absolute Gasteiger partial charge is 0.0488 e. The molecule has 2 aromatic rings. The van der Waals surface area contributed by atoms with Gasteiger partial charge in [-0.05, 0) is 57.2 Å². The lowest BCUT2D eigenvalue weighted by Crippen LogP contribution is -2.17. The van der Waals surface area contributed by atoms with E-state index >= 15 is 0 Å². The minimum Gasteiger partial charge on any atom is -0.358 e. The highest BCUT2D eigenvalue weighted by atomic mass is 14.9. The quantitative estimate of drug-likeness (QED) is 0.772. The van der Waals surface area contributed by atoms with Crippen molar-refractivity contribution in [1.29, 1.82) is 0 Å². The van der Waals surface area contributed by atoms with Gasteiger partial charge in [-0.2, -0.15) is 0 Å². The Morgan fingerprint density at radius 3 is 2.89 bits per heavy atom. The lowest BCUT2D eigenvalue weighted by atomic mass is 10.0. The molecule has 1 aliphatic carbocycles. The van der Waals surface area contributed by atoms with Gasteiger partial charge in [-0.1, -0.05) is 18.2 Å². The monoisotopic (exact) mass is 242 g/mol. The van der Waals surface area contributed by atoms with Crippen LogP contribution in [0.15, 0.2) is 18.2 Å². The normalized spacial score (nSPS) is 15.4. The SMILES string of the molecule is Cc1[nH]c2c(C)cccc2c1CCCNC1CC1. The molecule has 1 aliphatic rings. The van der Waals surface area contributed by atoms with Gasteiger partial charge in [-0.15, -0.1) is 0 Å². The second-order valence-electron chi connectivity index (χ2n) is 5.56. The molecule has 2 N–H and O–H groups in total. The van der Waals surface area contributed by atoms with Gasteiger partial charge in [-0.25, -0.2) is 0 Å². The molecule has 0 atom stereocenters. The van der Waals surface area contributed by atoms with Gasteiger partial charge in [-0.3, -0.25) is 0 Å². The topological polar surface area (TPSA) is 27.8 Å². The Morgan fingerprint density at radius 1 is 1.28 bits per heavy atom. The molecular weight excluding hydrogens is 220 g/mol. The van der Waals surface area contributed by atoms with Gasteiger partial charge in [0.15, 0.2) is 0 Å². The van der Waals surface area contributed by atoms with Gasteiger partial charge in [0, 0.05) is 22.6 Å². The highest BCUT2D eigenvalue weighted by Crippen LogP contribution is 2.25. The summed E-state index contributed by atoms with van der Waals surface area (Å²) in [6.45, 7) is 5.53. The predicted molar refractivity (Wildman–Crippen MR) is 77.1 cm³/mol.